The van der Waals surface area contributed by atoms with Gasteiger partial charge in [0.1, 0.15) is 33.6 Å². The molecular weight excluding hydrogens is 1220 g/mol. The number of aromatic nitrogens is 6. The van der Waals surface area contributed by atoms with Gasteiger partial charge in [-0.15, -0.1) is 0 Å². The highest BCUT2D eigenvalue weighted by atomic mass is 16.3. The first-order valence-corrected chi connectivity index (χ1v) is 33.7. The lowest BCUT2D eigenvalue weighted by molar-refractivity contribution is 0.667. The van der Waals surface area contributed by atoms with Crippen LogP contribution in [0.25, 0.3) is 189 Å². The van der Waals surface area contributed by atoms with Crippen LogP contribution >= 0.6 is 0 Å². The number of nitrogens with zero attached hydrogens (tertiary/aromatic N) is 6. The monoisotopic (exact) mass is 1280 g/mol. The molecule has 0 saturated carbocycles. The van der Waals surface area contributed by atoms with Gasteiger partial charge in [0.25, 0.3) is 0 Å². The van der Waals surface area contributed by atoms with Gasteiger partial charge in [-0.25, -0.2) is 19.9 Å². The van der Waals surface area contributed by atoms with Crippen molar-refractivity contribution in [3.63, 3.8) is 0 Å². The second-order valence-corrected chi connectivity index (χ2v) is 25.1. The van der Waals surface area contributed by atoms with Crippen LogP contribution in [-0.4, -0.2) is 29.1 Å². The van der Waals surface area contributed by atoms with E-state index >= 15 is 0 Å². The van der Waals surface area contributed by atoms with E-state index in [9.17, 15) is 0 Å². The van der Waals surface area contributed by atoms with E-state index in [2.05, 4.69) is 276 Å². The van der Waals surface area contributed by atoms with Crippen molar-refractivity contribution in [1.29, 1.82) is 0 Å². The summed E-state index contributed by atoms with van der Waals surface area (Å²) in [5, 5.41) is 6.95. The predicted octanol–water partition coefficient (Wildman–Crippen LogP) is 24.3. The quantitative estimate of drug-likeness (QED) is 0.136. The van der Waals surface area contributed by atoms with Gasteiger partial charge in [-0.2, -0.15) is 0 Å². The minimum atomic E-state index is 0.674. The maximum atomic E-state index is 6.58. The average Bonchev–Trinajstić information content (AvgIpc) is 1.70. The lowest BCUT2D eigenvalue weighted by atomic mass is 9.95. The number of furan rings is 2. The molecule has 20 rings (SSSR count). The molecule has 0 aliphatic rings. The van der Waals surface area contributed by atoms with Crippen molar-refractivity contribution >= 4 is 87.7 Å². The first-order valence-electron chi connectivity index (χ1n) is 33.7. The molecule has 0 radical (unpaired) electrons. The van der Waals surface area contributed by atoms with Crippen LogP contribution in [0.5, 0.6) is 0 Å². The SMILES string of the molecule is c1ccc(-c2nc(-c3ccccc3)c3oc4cccc(-c5ccc(-c6ccc7c(c6)c6ccccc6n7-c6ccccc6)cc5)c4c3n2)cc1.c1ccc(-c2nc(-c3ccccc3)c3oc4cccc(-c5ccc(-c6cccc7c6c6ccccc6n7-c6ccccc6)cc5)c4c3n2)cc1. The van der Waals surface area contributed by atoms with Crippen molar-refractivity contribution < 1.29 is 8.83 Å². The molecule has 8 heteroatoms. The van der Waals surface area contributed by atoms with E-state index in [1.165, 1.54) is 60.3 Å². The van der Waals surface area contributed by atoms with Crippen LogP contribution in [0.4, 0.5) is 0 Å². The standard InChI is InChI=1S/2C46H29N3O/c1-4-14-32(15-5-1)43-45-44(48-46(47-43)33-16-6-2-7-17-33)42-36(22-13-25-40(42)50-45)31-28-26-30(27-29-31)35-21-12-24-39-41(35)37-20-10-11-23-38(37)49(39)34-18-8-3-9-19-34;1-4-13-32(14-5-1)43-45-44(48-46(47-43)33-15-6-2-7-16-33)42-36(20-12-22-41(42)50-45)31-25-23-30(24-26-31)34-27-28-40-38(29-34)37-19-10-11-21-39(37)49(40)35-17-8-3-9-18-35/h2*1-29H. The highest BCUT2D eigenvalue weighted by Crippen LogP contribution is 2.45. The Morgan fingerprint density at radius 2 is 0.570 bits per heavy atom. The molecule has 0 amide bonds. The van der Waals surface area contributed by atoms with Gasteiger partial charge in [0, 0.05) is 55.2 Å². The molecule has 100 heavy (non-hydrogen) atoms. The van der Waals surface area contributed by atoms with Crippen LogP contribution < -0.4 is 0 Å². The van der Waals surface area contributed by atoms with Gasteiger partial charge < -0.3 is 18.0 Å². The summed E-state index contributed by atoms with van der Waals surface area (Å²) in [6, 6.07) is 123. The van der Waals surface area contributed by atoms with Crippen LogP contribution in [0.15, 0.2) is 361 Å². The summed E-state index contributed by atoms with van der Waals surface area (Å²) in [4.78, 5) is 20.4. The van der Waals surface area contributed by atoms with Gasteiger partial charge in [-0.3, -0.25) is 0 Å². The maximum Gasteiger partial charge on any atom is 0.180 e. The molecule has 468 valence electrons. The molecule has 20 aromatic rings. The van der Waals surface area contributed by atoms with Gasteiger partial charge in [0.15, 0.2) is 22.8 Å². The normalized spacial score (nSPS) is 11.6. The molecule has 0 unspecified atom stereocenters. The summed E-state index contributed by atoms with van der Waals surface area (Å²) in [7, 11) is 0. The molecule has 0 saturated heterocycles. The van der Waals surface area contributed by atoms with E-state index in [1.807, 2.05) is 84.9 Å². The molecule has 14 aromatic carbocycles. The van der Waals surface area contributed by atoms with E-state index in [0.717, 1.165) is 106 Å². The molecule has 8 nitrogen and oxygen atoms in total. The van der Waals surface area contributed by atoms with Crippen molar-refractivity contribution in [2.75, 3.05) is 0 Å². The number of benzene rings is 14. The maximum absolute atomic E-state index is 6.58. The second kappa shape index (κ2) is 24.3. The minimum Gasteiger partial charge on any atom is -0.452 e. The Kier molecular flexibility index (Phi) is 14.0. The number of fused-ring (bicyclic) bond motifs is 12. The Morgan fingerprint density at radius 1 is 0.220 bits per heavy atom. The topological polar surface area (TPSA) is 87.7 Å². The molecule has 6 aromatic heterocycles. The Hall–Kier alpha value is -13.6. The van der Waals surface area contributed by atoms with E-state index < -0.39 is 0 Å². The zero-order valence-electron chi connectivity index (χ0n) is 54.0. The molecule has 0 spiro atoms. The summed E-state index contributed by atoms with van der Waals surface area (Å²) in [5.74, 6) is 1.35. The Bertz CT molecular complexity index is 6470. The molecule has 0 fully saturated rings. The third kappa shape index (κ3) is 9.92. The minimum absolute atomic E-state index is 0.674. The van der Waals surface area contributed by atoms with E-state index in [-0.39, 0.29) is 0 Å². The molecular formula is C92H58N6O2. The molecule has 0 aliphatic heterocycles. The largest absolute Gasteiger partial charge is 0.452 e. The van der Waals surface area contributed by atoms with Crippen molar-refractivity contribution in [2.24, 2.45) is 0 Å². The van der Waals surface area contributed by atoms with Crippen LogP contribution in [-0.2, 0) is 0 Å². The van der Waals surface area contributed by atoms with Crippen LogP contribution in [0.2, 0.25) is 0 Å². The van der Waals surface area contributed by atoms with Gasteiger partial charge >= 0.3 is 0 Å². The highest BCUT2D eigenvalue weighted by Gasteiger charge is 2.24. The summed E-state index contributed by atoms with van der Waals surface area (Å²) in [5.41, 5.74) is 26.2. The van der Waals surface area contributed by atoms with Crippen molar-refractivity contribution in [3.8, 4) is 101 Å². The van der Waals surface area contributed by atoms with Crippen LogP contribution in [0.1, 0.15) is 0 Å². The fraction of sp³-hybridized carbons (Fsp3) is 0. The molecule has 0 bridgehead atoms. The highest BCUT2D eigenvalue weighted by molar-refractivity contribution is 6.18. The summed E-state index contributed by atoms with van der Waals surface area (Å²) in [6.45, 7) is 0. The lowest BCUT2D eigenvalue weighted by Crippen LogP contribution is -1.94. The predicted molar refractivity (Wildman–Crippen MR) is 411 cm³/mol. The fourth-order valence-corrected chi connectivity index (χ4v) is 14.7. The number of hydrogen-bond donors (Lipinski definition) is 0. The fourth-order valence-electron chi connectivity index (χ4n) is 14.7. The number of para-hydroxylation sites is 4. The first kappa shape index (κ1) is 57.9. The third-order valence-corrected chi connectivity index (χ3v) is 19.3. The van der Waals surface area contributed by atoms with Crippen molar-refractivity contribution in [1.82, 2.24) is 29.1 Å². The van der Waals surface area contributed by atoms with Crippen LogP contribution in [0, 0.1) is 0 Å². The van der Waals surface area contributed by atoms with E-state index in [0.29, 0.717) is 22.8 Å². The zero-order chi connectivity index (χ0) is 66.0. The third-order valence-electron chi connectivity index (χ3n) is 19.3. The second-order valence-electron chi connectivity index (χ2n) is 25.1. The molecule has 0 aliphatic carbocycles. The summed E-state index contributed by atoms with van der Waals surface area (Å²) >= 11 is 0. The van der Waals surface area contributed by atoms with Gasteiger partial charge in [0.2, 0.25) is 0 Å². The summed E-state index contributed by atoms with van der Waals surface area (Å²) in [6.07, 6.45) is 0. The molecule has 0 N–H and O–H groups in total. The number of rotatable bonds is 10. The average molecular weight is 1280 g/mol. The van der Waals surface area contributed by atoms with Gasteiger partial charge in [-0.1, -0.05) is 285 Å². The van der Waals surface area contributed by atoms with Crippen molar-refractivity contribution in [3.05, 3.63) is 352 Å². The Labute approximate surface area is 575 Å². The van der Waals surface area contributed by atoms with Gasteiger partial charge in [-0.05, 0) is 111 Å². The summed E-state index contributed by atoms with van der Waals surface area (Å²) < 4.78 is 17.9. The smallest absolute Gasteiger partial charge is 0.180 e. The first-order chi connectivity index (χ1) is 49.6. The van der Waals surface area contributed by atoms with Gasteiger partial charge in [0.05, 0.1) is 32.8 Å². The van der Waals surface area contributed by atoms with E-state index in [4.69, 9.17) is 28.8 Å². The molecule has 0 atom stereocenters. The Morgan fingerprint density at radius 3 is 1.05 bits per heavy atom. The lowest BCUT2D eigenvalue weighted by Gasteiger charge is -2.10. The van der Waals surface area contributed by atoms with Crippen molar-refractivity contribution in [2.45, 2.75) is 0 Å². The Balaban J connectivity index is 0.000000139. The molecule has 6 heterocycles. The van der Waals surface area contributed by atoms with Crippen LogP contribution in [0.3, 0.4) is 0 Å². The number of hydrogen-bond acceptors (Lipinski definition) is 6. The van der Waals surface area contributed by atoms with E-state index in [1.54, 1.807) is 0 Å². The zero-order valence-corrected chi connectivity index (χ0v) is 54.0.